The molecule has 5 nitrogen and oxygen atoms in total. The van der Waals surface area contributed by atoms with Gasteiger partial charge in [-0.1, -0.05) is 12.1 Å². The van der Waals surface area contributed by atoms with Crippen LogP contribution in [-0.4, -0.2) is 41.6 Å². The van der Waals surface area contributed by atoms with Crippen molar-refractivity contribution in [1.82, 2.24) is 9.47 Å². The van der Waals surface area contributed by atoms with E-state index in [4.69, 9.17) is 11.5 Å². The molecule has 0 saturated carbocycles. The molecule has 0 atom stereocenters. The molecule has 2 heterocycles. The molecule has 0 radical (unpaired) electrons. The average Bonchev–Trinajstić information content (AvgIpc) is 3.19. The number of nitrogens with two attached hydrogens (primary N) is 2. The van der Waals surface area contributed by atoms with Gasteiger partial charge in [-0.05, 0) is 85.8 Å². The summed E-state index contributed by atoms with van der Waals surface area (Å²) in [5, 5.41) is 0.922. The topological polar surface area (TPSA) is 69.4 Å². The predicted octanol–water partition coefficient (Wildman–Crippen LogP) is 7.02. The Hall–Kier alpha value is -2.18. The van der Waals surface area contributed by atoms with Gasteiger partial charge in [0.2, 0.25) is 0 Å². The van der Waals surface area contributed by atoms with Crippen LogP contribution in [0.2, 0.25) is 0 Å². The Bertz CT molecular complexity index is 1240. The third kappa shape index (κ3) is 8.91. The quantitative estimate of drug-likeness (QED) is 0.254. The highest BCUT2D eigenvalue weighted by atomic mass is 35.5. The summed E-state index contributed by atoms with van der Waals surface area (Å²) in [5.74, 6) is -0.668. The molecule has 4 rings (SSSR count). The average molecular weight is 615 g/mol. The summed E-state index contributed by atoms with van der Waals surface area (Å²) in [5.41, 5.74) is 15.7. The number of ether oxygens (including phenoxy) is 1. The molecule has 224 valence electrons. The van der Waals surface area contributed by atoms with Crippen molar-refractivity contribution in [2.75, 3.05) is 19.6 Å². The van der Waals surface area contributed by atoms with Crippen molar-refractivity contribution in [1.29, 1.82) is 0 Å². The minimum atomic E-state index is -4.80. The van der Waals surface area contributed by atoms with Crippen LogP contribution in [0.4, 0.5) is 26.3 Å². The minimum Gasteiger partial charge on any atom is -0.406 e. The largest absolute Gasteiger partial charge is 0.573 e. The number of halogens is 8. The van der Waals surface area contributed by atoms with Crippen molar-refractivity contribution in [3.8, 4) is 16.9 Å². The fourth-order valence-electron chi connectivity index (χ4n) is 5.24. The third-order valence-electron chi connectivity index (χ3n) is 7.00. The van der Waals surface area contributed by atoms with Crippen molar-refractivity contribution in [2.45, 2.75) is 57.9 Å². The van der Waals surface area contributed by atoms with Crippen molar-refractivity contribution in [3.63, 3.8) is 0 Å². The van der Waals surface area contributed by atoms with Gasteiger partial charge in [0.05, 0.1) is 0 Å². The number of aromatic nitrogens is 1. The first-order chi connectivity index (χ1) is 18.0. The Morgan fingerprint density at radius 1 is 0.900 bits per heavy atom. The highest BCUT2D eigenvalue weighted by Gasteiger charge is 2.33. The van der Waals surface area contributed by atoms with Gasteiger partial charge in [0.25, 0.3) is 0 Å². The molecule has 1 aliphatic rings. The van der Waals surface area contributed by atoms with Gasteiger partial charge in [0.15, 0.2) is 0 Å². The first kappa shape index (κ1) is 34.0. The lowest BCUT2D eigenvalue weighted by Crippen LogP contribution is -2.34. The van der Waals surface area contributed by atoms with Gasteiger partial charge in [0, 0.05) is 48.7 Å². The maximum absolute atomic E-state index is 12.8. The molecule has 1 aromatic heterocycles. The summed E-state index contributed by atoms with van der Waals surface area (Å²) in [6.45, 7) is 3.00. The van der Waals surface area contributed by atoms with Gasteiger partial charge in [0.1, 0.15) is 5.75 Å². The molecule has 40 heavy (non-hydrogen) atoms. The first-order valence-corrected chi connectivity index (χ1v) is 12.7. The molecule has 1 saturated heterocycles. The second kappa shape index (κ2) is 14.1. The monoisotopic (exact) mass is 614 g/mol. The number of alkyl halides is 6. The highest BCUT2D eigenvalue weighted by molar-refractivity contribution is 5.97. The standard InChI is InChI=1S/C27H32F6N4O.2ClH/c28-26(29,30)14-18-6-10-36(11-7-18)16-19-2-5-25-23(12-19)24(17-37(25)9-1-8-34)22-4-3-21(13-20(22)15-35)38-27(31,32)33;;/h2-5,12-13,17-18H,1,6-11,14-16,34-35H2;2*1H. The number of hydrogen-bond acceptors (Lipinski definition) is 4. The summed E-state index contributed by atoms with van der Waals surface area (Å²) < 4.78 is 82.6. The second-order valence-electron chi connectivity index (χ2n) is 9.84. The lowest BCUT2D eigenvalue weighted by Gasteiger charge is -2.32. The molecule has 0 bridgehead atoms. The Balaban J connectivity index is 0.00000280. The smallest absolute Gasteiger partial charge is 0.406 e. The molecule has 0 unspecified atom stereocenters. The second-order valence-corrected chi connectivity index (χ2v) is 9.84. The number of nitrogens with zero attached hydrogens (tertiary/aromatic N) is 2. The molecule has 0 aliphatic carbocycles. The van der Waals surface area contributed by atoms with E-state index in [0.717, 1.165) is 28.5 Å². The Morgan fingerprint density at radius 3 is 2.20 bits per heavy atom. The summed E-state index contributed by atoms with van der Waals surface area (Å²) in [7, 11) is 0. The summed E-state index contributed by atoms with van der Waals surface area (Å²) in [6, 6.07) is 10.2. The molecular formula is C27H34Cl2F6N4O. The fraction of sp³-hybridized carbons (Fsp3) is 0.481. The number of hydrogen-bond donors (Lipinski definition) is 2. The van der Waals surface area contributed by atoms with Crippen LogP contribution in [0.15, 0.2) is 42.6 Å². The van der Waals surface area contributed by atoms with Crippen LogP contribution < -0.4 is 16.2 Å². The maximum Gasteiger partial charge on any atom is 0.573 e. The zero-order valence-corrected chi connectivity index (χ0v) is 23.4. The van der Waals surface area contributed by atoms with E-state index >= 15 is 0 Å². The number of rotatable bonds is 9. The molecule has 0 spiro atoms. The van der Waals surface area contributed by atoms with Crippen LogP contribution in [0, 0.1) is 5.92 Å². The molecule has 4 N–H and O–H groups in total. The van der Waals surface area contributed by atoms with Crippen LogP contribution >= 0.6 is 24.8 Å². The Morgan fingerprint density at radius 2 is 1.60 bits per heavy atom. The zero-order chi connectivity index (χ0) is 27.5. The van der Waals surface area contributed by atoms with Crippen LogP contribution in [0.25, 0.3) is 22.0 Å². The number of benzene rings is 2. The van der Waals surface area contributed by atoms with Crippen LogP contribution in [0.1, 0.15) is 36.8 Å². The third-order valence-corrected chi connectivity index (χ3v) is 7.00. The van der Waals surface area contributed by atoms with E-state index in [-0.39, 0.29) is 43.0 Å². The Kier molecular flexibility index (Phi) is 12.0. The first-order valence-electron chi connectivity index (χ1n) is 12.7. The zero-order valence-electron chi connectivity index (χ0n) is 21.7. The van der Waals surface area contributed by atoms with E-state index in [1.54, 1.807) is 6.07 Å². The Labute approximate surface area is 241 Å². The minimum absolute atomic E-state index is 0. The van der Waals surface area contributed by atoms with E-state index in [9.17, 15) is 26.3 Å². The van der Waals surface area contributed by atoms with Gasteiger partial charge in [-0.25, -0.2) is 0 Å². The molecule has 1 aliphatic heterocycles. The molecule has 13 heteroatoms. The van der Waals surface area contributed by atoms with Crippen molar-refractivity contribution < 1.29 is 31.1 Å². The molecule has 0 amide bonds. The maximum atomic E-state index is 12.8. The number of fused-ring (bicyclic) bond motifs is 1. The lowest BCUT2D eigenvalue weighted by molar-refractivity contribution is -0.274. The molecule has 1 fully saturated rings. The number of likely N-dealkylation sites (tertiary alicyclic amines) is 1. The highest BCUT2D eigenvalue weighted by Crippen LogP contribution is 2.37. The van der Waals surface area contributed by atoms with E-state index < -0.39 is 19.0 Å². The molecular weight excluding hydrogens is 581 g/mol. The van der Waals surface area contributed by atoms with E-state index in [0.29, 0.717) is 56.7 Å². The van der Waals surface area contributed by atoms with Gasteiger partial charge in [-0.15, -0.1) is 38.0 Å². The SMILES string of the molecule is Cl.Cl.NCCCn1cc(-c2ccc(OC(F)(F)F)cc2CN)c2cc(CN3CCC(CC(F)(F)F)CC3)ccc21. The fourth-order valence-corrected chi connectivity index (χ4v) is 5.24. The van der Waals surface area contributed by atoms with Crippen molar-refractivity contribution in [2.24, 2.45) is 17.4 Å². The normalized spacial score (nSPS) is 15.1. The summed E-state index contributed by atoms with van der Waals surface area (Å²) in [6.07, 6.45) is -5.94. The summed E-state index contributed by atoms with van der Waals surface area (Å²) >= 11 is 0. The number of piperidine rings is 1. The van der Waals surface area contributed by atoms with Gasteiger partial charge in [-0.3, -0.25) is 4.90 Å². The van der Waals surface area contributed by atoms with Crippen LogP contribution in [0.5, 0.6) is 5.75 Å². The van der Waals surface area contributed by atoms with Crippen LogP contribution in [-0.2, 0) is 19.6 Å². The molecule has 3 aromatic rings. The van der Waals surface area contributed by atoms with Gasteiger partial charge in [-0.2, -0.15) is 13.2 Å². The van der Waals surface area contributed by atoms with E-state index in [1.165, 1.54) is 12.1 Å². The molecule has 2 aromatic carbocycles. The van der Waals surface area contributed by atoms with Crippen LogP contribution in [0.3, 0.4) is 0 Å². The van der Waals surface area contributed by atoms with Gasteiger partial charge < -0.3 is 20.8 Å². The lowest BCUT2D eigenvalue weighted by atomic mass is 9.93. The van der Waals surface area contributed by atoms with Crippen molar-refractivity contribution >= 4 is 35.7 Å². The predicted molar refractivity (Wildman–Crippen MR) is 149 cm³/mol. The summed E-state index contributed by atoms with van der Waals surface area (Å²) in [4.78, 5) is 2.16. The van der Waals surface area contributed by atoms with Gasteiger partial charge >= 0.3 is 12.5 Å². The van der Waals surface area contributed by atoms with E-state index in [2.05, 4.69) is 14.2 Å². The van der Waals surface area contributed by atoms with Crippen molar-refractivity contribution in [3.05, 3.63) is 53.7 Å². The van der Waals surface area contributed by atoms with E-state index in [1.807, 2.05) is 24.4 Å². The number of aryl methyl sites for hydroxylation is 1.